The van der Waals surface area contributed by atoms with Crippen molar-refractivity contribution in [3.63, 3.8) is 0 Å². The Morgan fingerprint density at radius 3 is 2.43 bits per heavy atom. The predicted molar refractivity (Wildman–Crippen MR) is 110 cm³/mol. The number of aliphatic carboxylic acids is 1. The van der Waals surface area contributed by atoms with Gasteiger partial charge in [-0.15, -0.1) is 6.58 Å². The first-order chi connectivity index (χ1) is 13.9. The van der Waals surface area contributed by atoms with Gasteiger partial charge in [0.1, 0.15) is 23.8 Å². The number of nitrogens with zero attached hydrogens (tertiary/aromatic N) is 1. The number of ether oxygens (including phenoxy) is 2. The summed E-state index contributed by atoms with van der Waals surface area (Å²) in [4.78, 5) is 49.5. The van der Waals surface area contributed by atoms with Gasteiger partial charge < -0.3 is 24.8 Å². The second kappa shape index (κ2) is 11.6. The van der Waals surface area contributed by atoms with Crippen LogP contribution in [0.1, 0.15) is 66.2 Å². The van der Waals surface area contributed by atoms with Crippen LogP contribution in [-0.2, 0) is 23.9 Å². The molecule has 9 nitrogen and oxygen atoms in total. The summed E-state index contributed by atoms with van der Waals surface area (Å²) in [5.74, 6) is -2.24. The Morgan fingerprint density at radius 2 is 1.90 bits per heavy atom. The van der Waals surface area contributed by atoms with Gasteiger partial charge in [0, 0.05) is 13.3 Å². The van der Waals surface area contributed by atoms with E-state index in [1.54, 1.807) is 20.8 Å². The molecule has 0 aromatic rings. The zero-order chi connectivity index (χ0) is 22.9. The minimum Gasteiger partial charge on any atom is -0.480 e. The fourth-order valence-corrected chi connectivity index (χ4v) is 3.32. The molecule has 3 atom stereocenters. The Balaban J connectivity index is 2.91. The molecule has 170 valence electrons. The lowest BCUT2D eigenvalue weighted by Gasteiger charge is -2.28. The number of hydrogen-bond acceptors (Lipinski definition) is 6. The molecule has 0 radical (unpaired) electrons. The van der Waals surface area contributed by atoms with Crippen LogP contribution in [0.4, 0.5) is 4.79 Å². The van der Waals surface area contributed by atoms with Crippen LogP contribution in [-0.4, -0.2) is 64.3 Å². The van der Waals surface area contributed by atoms with Gasteiger partial charge in [-0.05, 0) is 40.0 Å². The lowest BCUT2D eigenvalue weighted by molar-refractivity contribution is -0.149. The molecule has 1 aliphatic rings. The van der Waals surface area contributed by atoms with Crippen molar-refractivity contribution in [2.45, 2.75) is 90.0 Å². The standard InChI is InChI=1S/C21H34N2O7/c1-6-7-8-9-10-11-16(22-20(28)30-21(3,4)5)18(25)23-13-15(29-14(2)24)12-17(23)19(26)27/h6,15-17H,1,7-13H2,2-5H3,(H,22,28)(H,26,27)/t15-,16+,17+/m1/s1. The van der Waals surface area contributed by atoms with Crippen LogP contribution >= 0.6 is 0 Å². The van der Waals surface area contributed by atoms with Crippen LogP contribution in [0, 0.1) is 0 Å². The molecule has 30 heavy (non-hydrogen) atoms. The summed E-state index contributed by atoms with van der Waals surface area (Å²) in [6.07, 6.45) is 4.01. The molecule has 2 amide bonds. The number of carboxylic acid groups (broad SMARTS) is 1. The molecule has 0 aromatic heterocycles. The maximum Gasteiger partial charge on any atom is 0.408 e. The number of likely N-dealkylation sites (tertiary alicyclic amines) is 1. The second-order valence-corrected chi connectivity index (χ2v) is 8.44. The van der Waals surface area contributed by atoms with E-state index in [4.69, 9.17) is 9.47 Å². The molecule has 9 heteroatoms. The number of amides is 2. The third-order valence-corrected chi connectivity index (χ3v) is 4.55. The van der Waals surface area contributed by atoms with Gasteiger partial charge in [-0.25, -0.2) is 9.59 Å². The Bertz CT molecular complexity index is 642. The highest BCUT2D eigenvalue weighted by molar-refractivity contribution is 5.90. The molecule has 0 saturated carbocycles. The van der Waals surface area contributed by atoms with E-state index in [1.165, 1.54) is 11.8 Å². The van der Waals surface area contributed by atoms with Crippen molar-refractivity contribution in [1.29, 1.82) is 0 Å². The Morgan fingerprint density at radius 1 is 1.23 bits per heavy atom. The molecule has 1 saturated heterocycles. The quantitative estimate of drug-likeness (QED) is 0.313. The van der Waals surface area contributed by atoms with E-state index in [1.807, 2.05) is 6.08 Å². The number of hydrogen-bond donors (Lipinski definition) is 2. The monoisotopic (exact) mass is 426 g/mol. The highest BCUT2D eigenvalue weighted by atomic mass is 16.6. The van der Waals surface area contributed by atoms with Crippen molar-refractivity contribution in [1.82, 2.24) is 10.2 Å². The van der Waals surface area contributed by atoms with Gasteiger partial charge in [0.15, 0.2) is 0 Å². The van der Waals surface area contributed by atoms with Gasteiger partial charge in [0.05, 0.1) is 6.54 Å². The predicted octanol–water partition coefficient (Wildman–Crippen LogP) is 2.63. The first kappa shape index (κ1) is 25.5. The first-order valence-corrected chi connectivity index (χ1v) is 10.3. The number of alkyl carbamates (subject to hydrolysis) is 1. The lowest BCUT2D eigenvalue weighted by Crippen LogP contribution is -2.52. The van der Waals surface area contributed by atoms with E-state index < -0.39 is 47.7 Å². The van der Waals surface area contributed by atoms with E-state index >= 15 is 0 Å². The van der Waals surface area contributed by atoms with E-state index in [-0.39, 0.29) is 13.0 Å². The summed E-state index contributed by atoms with van der Waals surface area (Å²) in [7, 11) is 0. The summed E-state index contributed by atoms with van der Waals surface area (Å²) in [5, 5.41) is 12.1. The smallest absolute Gasteiger partial charge is 0.408 e. The Labute approximate surface area is 177 Å². The van der Waals surface area contributed by atoms with E-state index in [9.17, 15) is 24.3 Å². The number of nitrogens with one attached hydrogen (secondary N) is 1. The summed E-state index contributed by atoms with van der Waals surface area (Å²) in [5.41, 5.74) is -0.737. The fraction of sp³-hybridized carbons (Fsp3) is 0.714. The van der Waals surface area contributed by atoms with E-state index in [0.717, 1.165) is 19.3 Å². The number of carboxylic acids is 1. The minimum absolute atomic E-state index is 0.0130. The maximum absolute atomic E-state index is 13.1. The number of carbonyl (C=O) groups excluding carboxylic acids is 3. The SMILES string of the molecule is C=CCCCCC[C@H](NC(=O)OC(C)(C)C)C(=O)N1C[C@H](OC(C)=O)C[C@H]1C(=O)O. The van der Waals surface area contributed by atoms with Crippen molar-refractivity contribution in [2.75, 3.05) is 6.54 Å². The number of unbranched alkanes of at least 4 members (excludes halogenated alkanes) is 3. The van der Waals surface area contributed by atoms with Crippen LogP contribution in [0.2, 0.25) is 0 Å². The normalized spacial score (nSPS) is 19.7. The third-order valence-electron chi connectivity index (χ3n) is 4.55. The molecule has 0 aliphatic carbocycles. The molecular formula is C21H34N2O7. The van der Waals surface area contributed by atoms with Crippen LogP contribution in [0.5, 0.6) is 0 Å². The van der Waals surface area contributed by atoms with Crippen LogP contribution in [0.25, 0.3) is 0 Å². The highest BCUT2D eigenvalue weighted by Crippen LogP contribution is 2.23. The summed E-state index contributed by atoms with van der Waals surface area (Å²) in [6.45, 7) is 10.0. The zero-order valence-electron chi connectivity index (χ0n) is 18.3. The van der Waals surface area contributed by atoms with Crippen molar-refractivity contribution in [3.8, 4) is 0 Å². The van der Waals surface area contributed by atoms with Crippen LogP contribution in [0.3, 0.4) is 0 Å². The van der Waals surface area contributed by atoms with Crippen molar-refractivity contribution in [2.24, 2.45) is 0 Å². The minimum atomic E-state index is -1.18. The second-order valence-electron chi connectivity index (χ2n) is 8.44. The summed E-state index contributed by atoms with van der Waals surface area (Å²) >= 11 is 0. The van der Waals surface area contributed by atoms with Crippen LogP contribution < -0.4 is 5.32 Å². The van der Waals surface area contributed by atoms with Crippen LogP contribution in [0.15, 0.2) is 12.7 Å². The molecule has 0 unspecified atom stereocenters. The number of esters is 1. The largest absolute Gasteiger partial charge is 0.480 e. The van der Waals surface area contributed by atoms with Gasteiger partial charge in [-0.1, -0.05) is 18.9 Å². The molecular weight excluding hydrogens is 392 g/mol. The van der Waals surface area contributed by atoms with Gasteiger partial charge in [0.2, 0.25) is 5.91 Å². The zero-order valence-corrected chi connectivity index (χ0v) is 18.3. The van der Waals surface area contributed by atoms with Gasteiger partial charge in [0.25, 0.3) is 0 Å². The number of allylic oxidation sites excluding steroid dienone is 1. The van der Waals surface area contributed by atoms with Gasteiger partial charge in [-0.2, -0.15) is 0 Å². The number of rotatable bonds is 10. The molecule has 0 bridgehead atoms. The molecule has 1 fully saturated rings. The van der Waals surface area contributed by atoms with E-state index in [0.29, 0.717) is 12.8 Å². The molecule has 2 N–H and O–H groups in total. The lowest BCUT2D eigenvalue weighted by atomic mass is 10.1. The average Bonchev–Trinajstić information content (AvgIpc) is 3.01. The Kier molecular flexibility index (Phi) is 9.81. The number of carbonyl (C=O) groups is 4. The maximum atomic E-state index is 13.1. The van der Waals surface area contributed by atoms with E-state index in [2.05, 4.69) is 11.9 Å². The van der Waals surface area contributed by atoms with Gasteiger partial charge >= 0.3 is 18.0 Å². The van der Waals surface area contributed by atoms with Crippen molar-refractivity contribution >= 4 is 23.9 Å². The first-order valence-electron chi connectivity index (χ1n) is 10.3. The topological polar surface area (TPSA) is 122 Å². The average molecular weight is 427 g/mol. The molecule has 0 spiro atoms. The molecule has 1 rings (SSSR count). The summed E-state index contributed by atoms with van der Waals surface area (Å²) < 4.78 is 10.4. The van der Waals surface area contributed by atoms with Crippen molar-refractivity contribution in [3.05, 3.63) is 12.7 Å². The van der Waals surface area contributed by atoms with Gasteiger partial charge in [-0.3, -0.25) is 9.59 Å². The fourth-order valence-electron chi connectivity index (χ4n) is 3.32. The highest BCUT2D eigenvalue weighted by Gasteiger charge is 2.43. The van der Waals surface area contributed by atoms with Crippen molar-refractivity contribution < 1.29 is 33.8 Å². The molecule has 1 aliphatic heterocycles. The molecule has 0 aromatic carbocycles. The third kappa shape index (κ3) is 8.84. The summed E-state index contributed by atoms with van der Waals surface area (Å²) in [6, 6.07) is -2.05. The Hall–Kier alpha value is -2.58. The molecule has 1 heterocycles.